The van der Waals surface area contributed by atoms with Gasteiger partial charge in [-0.2, -0.15) is 0 Å². The summed E-state index contributed by atoms with van der Waals surface area (Å²) in [5.74, 6) is -3.00. The van der Waals surface area contributed by atoms with E-state index in [1.54, 1.807) is 98.8 Å². The highest BCUT2D eigenvalue weighted by atomic mass is 16.6. The molecule has 4 aromatic rings. The summed E-state index contributed by atoms with van der Waals surface area (Å²) in [4.78, 5) is 76.7. The summed E-state index contributed by atoms with van der Waals surface area (Å²) in [6.45, 7) is 2.88. The fourth-order valence-electron chi connectivity index (χ4n) is 5.22. The maximum Gasteiger partial charge on any atom is 0.340 e. The molecular weight excluding hydrogens is 644 g/mol. The highest BCUT2D eigenvalue weighted by molar-refractivity contribution is 6.32. The number of ether oxygens (including phenoxy) is 4. The normalized spacial score (nSPS) is 11.5. The number of esters is 4. The molecule has 5 rings (SSSR count). The average molecular weight is 679 g/mol. The number of anilines is 4. The van der Waals surface area contributed by atoms with E-state index in [0.29, 0.717) is 22.7 Å². The SMILES string of the molecule is CCC(=O)OCCOC(=O)c1ccccc1Nc1cccc2c1C(=O)c1cccc(Nc3ccccc3C(=O)OCCOC(=O)CC)c1C2=O. The lowest BCUT2D eigenvalue weighted by atomic mass is 9.82. The number of hydrogen-bond donors (Lipinski definition) is 2. The van der Waals surface area contributed by atoms with Crippen molar-refractivity contribution in [3.05, 3.63) is 118 Å². The number of fused-ring (bicyclic) bond motifs is 2. The molecule has 0 radical (unpaired) electrons. The van der Waals surface area contributed by atoms with E-state index in [-0.39, 0.29) is 72.6 Å². The van der Waals surface area contributed by atoms with Crippen LogP contribution in [0.4, 0.5) is 22.7 Å². The van der Waals surface area contributed by atoms with Gasteiger partial charge in [0.2, 0.25) is 0 Å². The summed E-state index contributed by atoms with van der Waals surface area (Å²) in [5.41, 5.74) is 2.19. The monoisotopic (exact) mass is 678 g/mol. The first-order chi connectivity index (χ1) is 24.2. The Hall–Kier alpha value is -6.30. The molecular formula is C38H34N2O10. The van der Waals surface area contributed by atoms with Crippen molar-refractivity contribution >= 4 is 58.2 Å². The Balaban J connectivity index is 1.37. The van der Waals surface area contributed by atoms with Gasteiger partial charge in [0.05, 0.1) is 45.0 Å². The first-order valence-electron chi connectivity index (χ1n) is 16.0. The van der Waals surface area contributed by atoms with Crippen LogP contribution in [0.5, 0.6) is 0 Å². The van der Waals surface area contributed by atoms with E-state index in [9.17, 15) is 28.8 Å². The van der Waals surface area contributed by atoms with Gasteiger partial charge in [-0.3, -0.25) is 19.2 Å². The van der Waals surface area contributed by atoms with E-state index < -0.39 is 35.4 Å². The van der Waals surface area contributed by atoms with Crippen LogP contribution in [0.25, 0.3) is 0 Å². The van der Waals surface area contributed by atoms with Crippen LogP contribution in [-0.4, -0.2) is 61.9 Å². The van der Waals surface area contributed by atoms with Crippen LogP contribution in [0.1, 0.15) is 79.2 Å². The Bertz CT molecular complexity index is 1830. The van der Waals surface area contributed by atoms with E-state index >= 15 is 0 Å². The molecule has 0 saturated carbocycles. The zero-order valence-electron chi connectivity index (χ0n) is 27.4. The highest BCUT2D eigenvalue weighted by Crippen LogP contribution is 2.38. The molecule has 12 heteroatoms. The molecule has 4 aromatic carbocycles. The number of carbonyl (C=O) groups is 6. The van der Waals surface area contributed by atoms with Crippen molar-refractivity contribution in [1.82, 2.24) is 0 Å². The minimum absolute atomic E-state index is 0.0829. The predicted octanol–water partition coefficient (Wildman–Crippen LogP) is 6.17. The Morgan fingerprint density at radius 2 is 0.840 bits per heavy atom. The van der Waals surface area contributed by atoms with E-state index in [4.69, 9.17) is 18.9 Å². The lowest BCUT2D eigenvalue weighted by Gasteiger charge is -2.24. The molecule has 0 atom stereocenters. The highest BCUT2D eigenvalue weighted by Gasteiger charge is 2.34. The molecule has 0 amide bonds. The molecule has 12 nitrogen and oxygen atoms in total. The van der Waals surface area contributed by atoms with Crippen LogP contribution in [0.15, 0.2) is 84.9 Å². The van der Waals surface area contributed by atoms with Gasteiger partial charge in [-0.25, -0.2) is 9.59 Å². The van der Waals surface area contributed by atoms with Gasteiger partial charge >= 0.3 is 23.9 Å². The summed E-state index contributed by atoms with van der Waals surface area (Å²) in [6.07, 6.45) is 0.411. The number of ketones is 2. The van der Waals surface area contributed by atoms with Crippen LogP contribution < -0.4 is 10.6 Å². The standard InChI is InChI=1S/C38H34N2O10/c1-3-31(41)47-19-21-49-37(45)23-11-5-7-15-27(23)39-29-17-9-13-25-33(29)35(43)26-14-10-18-30(34(26)36(25)44)40-28-16-8-6-12-24(28)38(46)50-22-20-48-32(42)4-2/h5-18,39-40H,3-4,19-22H2,1-2H3. The van der Waals surface area contributed by atoms with Crippen molar-refractivity contribution in [3.8, 4) is 0 Å². The van der Waals surface area contributed by atoms with Gasteiger partial charge in [0.15, 0.2) is 11.6 Å². The Morgan fingerprint density at radius 3 is 1.24 bits per heavy atom. The number of rotatable bonds is 14. The van der Waals surface area contributed by atoms with Gasteiger partial charge in [-0.15, -0.1) is 0 Å². The third-order valence-corrected chi connectivity index (χ3v) is 7.64. The predicted molar refractivity (Wildman–Crippen MR) is 182 cm³/mol. The van der Waals surface area contributed by atoms with E-state index in [1.807, 2.05) is 0 Å². The minimum Gasteiger partial charge on any atom is -0.462 e. The molecule has 0 saturated heterocycles. The van der Waals surface area contributed by atoms with E-state index in [1.165, 1.54) is 0 Å². The quantitative estimate of drug-likeness (QED) is 0.0781. The largest absolute Gasteiger partial charge is 0.462 e. The van der Waals surface area contributed by atoms with E-state index in [2.05, 4.69) is 10.6 Å². The van der Waals surface area contributed by atoms with Gasteiger partial charge in [0, 0.05) is 24.0 Å². The lowest BCUT2D eigenvalue weighted by Crippen LogP contribution is -2.23. The third kappa shape index (κ3) is 7.87. The molecule has 0 spiro atoms. The topological polar surface area (TPSA) is 163 Å². The maximum atomic E-state index is 14.1. The van der Waals surface area contributed by atoms with Crippen LogP contribution in [-0.2, 0) is 28.5 Å². The summed E-state index contributed by atoms with van der Waals surface area (Å²) in [7, 11) is 0. The van der Waals surface area contributed by atoms with Gasteiger partial charge in [-0.1, -0.05) is 62.4 Å². The first-order valence-corrected chi connectivity index (χ1v) is 16.0. The number of para-hydroxylation sites is 2. The number of benzene rings is 4. The lowest BCUT2D eigenvalue weighted by molar-refractivity contribution is -0.145. The molecule has 1 aliphatic rings. The fourth-order valence-corrected chi connectivity index (χ4v) is 5.22. The van der Waals surface area contributed by atoms with Crippen LogP contribution in [0.2, 0.25) is 0 Å². The van der Waals surface area contributed by atoms with Gasteiger partial charge in [0.1, 0.15) is 26.4 Å². The summed E-state index contributed by atoms with van der Waals surface area (Å²) in [5, 5.41) is 6.26. The van der Waals surface area contributed by atoms with Crippen LogP contribution >= 0.6 is 0 Å². The number of carbonyl (C=O) groups excluding carboxylic acids is 6. The molecule has 0 bridgehead atoms. The average Bonchev–Trinajstić information content (AvgIpc) is 3.14. The molecule has 0 heterocycles. The van der Waals surface area contributed by atoms with Crippen molar-refractivity contribution in [2.75, 3.05) is 37.1 Å². The van der Waals surface area contributed by atoms with Gasteiger partial charge in [-0.05, 0) is 36.4 Å². The molecule has 256 valence electrons. The number of hydrogen-bond acceptors (Lipinski definition) is 12. The molecule has 50 heavy (non-hydrogen) atoms. The molecule has 1 aliphatic carbocycles. The Kier molecular flexibility index (Phi) is 11.3. The minimum atomic E-state index is -0.669. The van der Waals surface area contributed by atoms with Crippen LogP contribution in [0.3, 0.4) is 0 Å². The Labute approximate surface area is 287 Å². The van der Waals surface area contributed by atoms with Crippen molar-refractivity contribution in [3.63, 3.8) is 0 Å². The van der Waals surface area contributed by atoms with Crippen molar-refractivity contribution in [2.45, 2.75) is 26.7 Å². The molecule has 0 aromatic heterocycles. The molecule has 0 fully saturated rings. The van der Waals surface area contributed by atoms with Crippen molar-refractivity contribution in [1.29, 1.82) is 0 Å². The summed E-state index contributed by atoms with van der Waals surface area (Å²) < 4.78 is 20.5. The summed E-state index contributed by atoms with van der Waals surface area (Å²) >= 11 is 0. The van der Waals surface area contributed by atoms with E-state index in [0.717, 1.165) is 0 Å². The number of nitrogens with one attached hydrogen (secondary N) is 2. The Morgan fingerprint density at radius 1 is 0.480 bits per heavy atom. The maximum absolute atomic E-state index is 14.1. The molecule has 0 unspecified atom stereocenters. The smallest absolute Gasteiger partial charge is 0.340 e. The zero-order valence-corrected chi connectivity index (χ0v) is 27.4. The second-order valence-corrected chi connectivity index (χ2v) is 10.9. The molecule has 0 aliphatic heterocycles. The van der Waals surface area contributed by atoms with Gasteiger partial charge in [0.25, 0.3) is 0 Å². The van der Waals surface area contributed by atoms with Crippen LogP contribution in [0, 0.1) is 0 Å². The van der Waals surface area contributed by atoms with Gasteiger partial charge < -0.3 is 29.6 Å². The zero-order chi connectivity index (χ0) is 35.6. The summed E-state index contributed by atoms with van der Waals surface area (Å²) in [6, 6.07) is 22.7. The fraction of sp³-hybridized carbons (Fsp3) is 0.211. The third-order valence-electron chi connectivity index (χ3n) is 7.64. The first kappa shape index (κ1) is 35.0. The van der Waals surface area contributed by atoms with Crippen molar-refractivity contribution < 1.29 is 47.7 Å². The second-order valence-electron chi connectivity index (χ2n) is 10.9. The van der Waals surface area contributed by atoms with Crippen molar-refractivity contribution in [2.24, 2.45) is 0 Å². The second kappa shape index (κ2) is 16.2. The molecule has 2 N–H and O–H groups in total.